The first-order valence-electron chi connectivity index (χ1n) is 7.03. The third-order valence-corrected chi connectivity index (χ3v) is 3.33. The molecule has 1 fully saturated rings. The highest BCUT2D eigenvalue weighted by Crippen LogP contribution is 2.13. The molecule has 0 unspecified atom stereocenters. The minimum atomic E-state index is 0.323. The van der Waals surface area contributed by atoms with E-state index in [2.05, 4.69) is 46.8 Å². The summed E-state index contributed by atoms with van der Waals surface area (Å²) in [5, 5.41) is 8.23. The summed E-state index contributed by atoms with van der Waals surface area (Å²) in [7, 11) is 0. The fourth-order valence-electron chi connectivity index (χ4n) is 2.22. The second-order valence-electron chi connectivity index (χ2n) is 5.34. The number of hydrogen-bond acceptors (Lipinski definition) is 5. The van der Waals surface area contributed by atoms with Crippen molar-refractivity contribution in [3.8, 4) is 0 Å². The van der Waals surface area contributed by atoms with Crippen LogP contribution in [0.2, 0.25) is 0 Å². The normalized spacial score (nSPS) is 17.2. The Balaban J connectivity index is 1.76. The number of anilines is 1. The van der Waals surface area contributed by atoms with Gasteiger partial charge in [0.1, 0.15) is 0 Å². The molecule has 0 bridgehead atoms. The molecule has 5 nitrogen and oxygen atoms in total. The number of hydrogen-bond donors (Lipinski definition) is 0. The summed E-state index contributed by atoms with van der Waals surface area (Å²) in [5.74, 6) is 0.998. The monoisotopic (exact) mass is 264 g/mol. The first-order chi connectivity index (χ1) is 9.15. The molecule has 1 aromatic heterocycles. The van der Waals surface area contributed by atoms with Crippen molar-refractivity contribution in [3.05, 3.63) is 17.8 Å². The number of piperazine rings is 1. The topological polar surface area (TPSA) is 41.5 Å². The second-order valence-corrected chi connectivity index (χ2v) is 5.34. The zero-order valence-corrected chi connectivity index (χ0v) is 12.2. The van der Waals surface area contributed by atoms with Gasteiger partial charge >= 0.3 is 0 Å². The lowest BCUT2D eigenvalue weighted by Crippen LogP contribution is -2.47. The van der Waals surface area contributed by atoms with Crippen LogP contribution in [0.25, 0.3) is 0 Å². The van der Waals surface area contributed by atoms with Crippen LogP contribution >= 0.6 is 0 Å². The molecule has 1 saturated heterocycles. The summed E-state index contributed by atoms with van der Waals surface area (Å²) in [6.07, 6.45) is 2.12. The van der Waals surface area contributed by atoms with Crippen LogP contribution in [0.5, 0.6) is 0 Å². The Morgan fingerprint density at radius 3 is 2.63 bits per heavy atom. The maximum atomic E-state index is 5.59. The lowest BCUT2D eigenvalue weighted by atomic mass is 10.3. The Morgan fingerprint density at radius 2 is 2.00 bits per heavy atom. The number of aryl methyl sites for hydroxylation is 1. The zero-order valence-electron chi connectivity index (χ0n) is 12.2. The van der Waals surface area contributed by atoms with Gasteiger partial charge in [-0.2, -0.15) is 5.10 Å². The Bertz CT molecular complexity index is 389. The Hall–Kier alpha value is -1.20. The van der Waals surface area contributed by atoms with Crippen LogP contribution in [0.3, 0.4) is 0 Å². The van der Waals surface area contributed by atoms with E-state index < -0.39 is 0 Å². The molecule has 2 heterocycles. The molecule has 19 heavy (non-hydrogen) atoms. The van der Waals surface area contributed by atoms with Gasteiger partial charge in [0.2, 0.25) is 0 Å². The predicted octanol–water partition coefficient (Wildman–Crippen LogP) is 1.33. The number of nitrogens with zero attached hydrogens (tertiary/aromatic N) is 4. The third kappa shape index (κ3) is 4.44. The molecule has 106 valence electrons. The average Bonchev–Trinajstić information content (AvgIpc) is 2.39. The van der Waals surface area contributed by atoms with E-state index in [1.165, 1.54) is 0 Å². The second kappa shape index (κ2) is 6.82. The number of ether oxygens (including phenoxy) is 1. The summed E-state index contributed by atoms with van der Waals surface area (Å²) in [6, 6.07) is 2.10. The first kappa shape index (κ1) is 14.2. The molecule has 0 N–H and O–H groups in total. The molecule has 5 heteroatoms. The smallest absolute Gasteiger partial charge is 0.151 e. The van der Waals surface area contributed by atoms with Crippen molar-refractivity contribution in [1.29, 1.82) is 0 Å². The van der Waals surface area contributed by atoms with E-state index in [1.807, 2.05) is 0 Å². The van der Waals surface area contributed by atoms with Gasteiger partial charge in [-0.3, -0.25) is 4.90 Å². The lowest BCUT2D eigenvalue weighted by molar-refractivity contribution is 0.0578. The summed E-state index contributed by atoms with van der Waals surface area (Å²) < 4.78 is 5.59. The Kier molecular flexibility index (Phi) is 5.10. The van der Waals surface area contributed by atoms with Gasteiger partial charge in [0.15, 0.2) is 5.82 Å². The molecular formula is C14H24N4O. The van der Waals surface area contributed by atoms with Gasteiger partial charge in [-0.1, -0.05) is 0 Å². The third-order valence-electron chi connectivity index (χ3n) is 3.33. The molecule has 0 aliphatic carbocycles. The van der Waals surface area contributed by atoms with Crippen LogP contribution in [0.1, 0.15) is 19.4 Å². The fraction of sp³-hybridized carbons (Fsp3) is 0.714. The van der Waals surface area contributed by atoms with Crippen LogP contribution in [-0.4, -0.2) is 60.5 Å². The highest BCUT2D eigenvalue weighted by molar-refractivity contribution is 5.39. The largest absolute Gasteiger partial charge is 0.377 e. The van der Waals surface area contributed by atoms with E-state index >= 15 is 0 Å². The molecule has 0 aromatic carbocycles. The molecule has 0 saturated carbocycles. The summed E-state index contributed by atoms with van der Waals surface area (Å²) in [5.41, 5.74) is 1.16. The first-order valence-corrected chi connectivity index (χ1v) is 7.03. The molecule has 0 radical (unpaired) electrons. The maximum absolute atomic E-state index is 5.59. The van der Waals surface area contributed by atoms with Gasteiger partial charge in [-0.15, -0.1) is 5.10 Å². The van der Waals surface area contributed by atoms with Crippen molar-refractivity contribution < 1.29 is 4.74 Å². The van der Waals surface area contributed by atoms with E-state index in [9.17, 15) is 0 Å². The zero-order chi connectivity index (χ0) is 13.7. The van der Waals surface area contributed by atoms with Crippen molar-refractivity contribution in [1.82, 2.24) is 15.1 Å². The van der Waals surface area contributed by atoms with Gasteiger partial charge in [0.25, 0.3) is 0 Å². The number of aromatic nitrogens is 2. The van der Waals surface area contributed by atoms with Gasteiger partial charge < -0.3 is 9.64 Å². The summed E-state index contributed by atoms with van der Waals surface area (Å²) in [4.78, 5) is 4.75. The highest BCUT2D eigenvalue weighted by Gasteiger charge is 2.18. The molecule has 1 aliphatic heterocycles. The van der Waals surface area contributed by atoms with Crippen molar-refractivity contribution in [3.63, 3.8) is 0 Å². The molecule has 2 rings (SSSR count). The van der Waals surface area contributed by atoms with Gasteiger partial charge in [0.05, 0.1) is 18.9 Å². The van der Waals surface area contributed by atoms with Crippen molar-refractivity contribution in [2.24, 2.45) is 0 Å². The van der Waals surface area contributed by atoms with Crippen LogP contribution in [-0.2, 0) is 4.74 Å². The van der Waals surface area contributed by atoms with Crippen LogP contribution in [0.15, 0.2) is 12.3 Å². The molecule has 1 aliphatic rings. The van der Waals surface area contributed by atoms with E-state index in [4.69, 9.17) is 4.74 Å². The molecule has 0 amide bonds. The molecular weight excluding hydrogens is 240 g/mol. The van der Waals surface area contributed by atoms with Crippen LogP contribution in [0.4, 0.5) is 5.82 Å². The van der Waals surface area contributed by atoms with E-state index in [0.29, 0.717) is 6.10 Å². The summed E-state index contributed by atoms with van der Waals surface area (Å²) in [6.45, 7) is 12.2. The van der Waals surface area contributed by atoms with E-state index in [1.54, 1.807) is 6.20 Å². The molecule has 0 spiro atoms. The SMILES string of the molecule is Cc1cnnc(N2CCN(CCOC(C)C)CC2)c1. The quantitative estimate of drug-likeness (QED) is 0.802. The Morgan fingerprint density at radius 1 is 1.26 bits per heavy atom. The number of rotatable bonds is 5. The van der Waals surface area contributed by atoms with Gasteiger partial charge in [-0.25, -0.2) is 0 Å². The molecule has 1 aromatic rings. The van der Waals surface area contributed by atoms with Crippen LogP contribution < -0.4 is 4.90 Å². The van der Waals surface area contributed by atoms with Crippen molar-refractivity contribution in [2.75, 3.05) is 44.2 Å². The van der Waals surface area contributed by atoms with Crippen molar-refractivity contribution >= 4 is 5.82 Å². The standard InChI is InChI=1S/C14H24N4O/c1-12(2)19-9-8-17-4-6-18(7-5-17)14-10-13(3)11-15-16-14/h10-12H,4-9H2,1-3H3. The van der Waals surface area contributed by atoms with Crippen LogP contribution in [0, 0.1) is 6.92 Å². The molecule has 0 atom stereocenters. The van der Waals surface area contributed by atoms with Crippen molar-refractivity contribution in [2.45, 2.75) is 26.9 Å². The Labute approximate surface area is 115 Å². The van der Waals surface area contributed by atoms with Gasteiger partial charge in [0, 0.05) is 32.7 Å². The lowest BCUT2D eigenvalue weighted by Gasteiger charge is -2.35. The van der Waals surface area contributed by atoms with E-state index in [0.717, 1.165) is 50.7 Å². The van der Waals surface area contributed by atoms with E-state index in [-0.39, 0.29) is 0 Å². The minimum absolute atomic E-state index is 0.323. The summed E-state index contributed by atoms with van der Waals surface area (Å²) >= 11 is 0. The highest BCUT2D eigenvalue weighted by atomic mass is 16.5. The predicted molar refractivity (Wildman–Crippen MR) is 76.5 cm³/mol. The fourth-order valence-corrected chi connectivity index (χ4v) is 2.22. The average molecular weight is 264 g/mol. The van der Waals surface area contributed by atoms with Gasteiger partial charge in [-0.05, 0) is 32.4 Å². The maximum Gasteiger partial charge on any atom is 0.151 e. The minimum Gasteiger partial charge on any atom is -0.377 e.